The molecule has 9 heteroatoms. The Morgan fingerprint density at radius 2 is 2.17 bits per heavy atom. The van der Waals surface area contributed by atoms with Gasteiger partial charge in [-0.05, 0) is 26.7 Å². The molecule has 1 aliphatic heterocycles. The molecule has 0 aromatic carbocycles. The lowest BCUT2D eigenvalue weighted by Crippen LogP contribution is -2.44. The highest BCUT2D eigenvalue weighted by molar-refractivity contribution is 7.99. The standard InChI is InChI=1S/C21H27N7OS/c1-5-6-7-21(23)8-14-16-18(25-20(22)26-19(16)30-11-21)28(27-14)10-15-13(3)17(29-4)12(2)9-24-15/h5,9H,1,6-8,10-11,23H2,2-4H3,(H2,22,25,26). The predicted octanol–water partition coefficient (Wildman–Crippen LogP) is 2.79. The van der Waals surface area contributed by atoms with E-state index in [0.717, 1.165) is 57.3 Å². The van der Waals surface area contributed by atoms with Crippen LogP contribution in [0.15, 0.2) is 23.9 Å². The van der Waals surface area contributed by atoms with Crippen molar-refractivity contribution in [3.8, 4) is 5.75 Å². The minimum absolute atomic E-state index is 0.236. The molecule has 3 aromatic heterocycles. The van der Waals surface area contributed by atoms with Gasteiger partial charge in [0.15, 0.2) is 5.65 Å². The number of aryl methyl sites for hydroxylation is 1. The van der Waals surface area contributed by atoms with Gasteiger partial charge in [-0.1, -0.05) is 6.08 Å². The molecule has 0 amide bonds. The number of anilines is 1. The summed E-state index contributed by atoms with van der Waals surface area (Å²) in [5, 5.41) is 6.68. The van der Waals surface area contributed by atoms with Gasteiger partial charge in [-0.2, -0.15) is 10.1 Å². The van der Waals surface area contributed by atoms with Crippen LogP contribution in [0.3, 0.4) is 0 Å². The summed E-state index contributed by atoms with van der Waals surface area (Å²) in [6, 6.07) is 0. The number of aromatic nitrogens is 5. The summed E-state index contributed by atoms with van der Waals surface area (Å²) < 4.78 is 7.41. The topological polar surface area (TPSA) is 118 Å². The fourth-order valence-electron chi connectivity index (χ4n) is 3.98. The molecule has 4 heterocycles. The Morgan fingerprint density at radius 1 is 1.37 bits per heavy atom. The first-order valence-electron chi connectivity index (χ1n) is 9.90. The smallest absolute Gasteiger partial charge is 0.223 e. The van der Waals surface area contributed by atoms with Crippen molar-refractivity contribution in [3.05, 3.63) is 41.4 Å². The minimum atomic E-state index is -0.387. The average molecular weight is 426 g/mol. The first-order chi connectivity index (χ1) is 14.3. The molecule has 0 spiro atoms. The first kappa shape index (κ1) is 20.6. The third kappa shape index (κ3) is 3.63. The maximum Gasteiger partial charge on any atom is 0.223 e. The first-order valence-corrected chi connectivity index (χ1v) is 10.9. The Kier molecular flexibility index (Phi) is 5.42. The molecule has 0 saturated carbocycles. The number of nitrogens with zero attached hydrogens (tertiary/aromatic N) is 5. The normalized spacial score (nSPS) is 18.4. The number of nitrogen functional groups attached to an aromatic ring is 1. The highest BCUT2D eigenvalue weighted by atomic mass is 32.2. The summed E-state index contributed by atoms with van der Waals surface area (Å²) in [7, 11) is 1.67. The molecule has 0 aliphatic carbocycles. The van der Waals surface area contributed by atoms with Crippen molar-refractivity contribution in [1.29, 1.82) is 0 Å². The van der Waals surface area contributed by atoms with E-state index in [0.29, 0.717) is 18.6 Å². The summed E-state index contributed by atoms with van der Waals surface area (Å²) in [4.78, 5) is 13.6. The number of allylic oxidation sites excluding steroid dienone is 1. The molecule has 3 aromatic rings. The highest BCUT2D eigenvalue weighted by Gasteiger charge is 2.33. The number of ether oxygens (including phenoxy) is 1. The van der Waals surface area contributed by atoms with Gasteiger partial charge in [0.2, 0.25) is 5.95 Å². The van der Waals surface area contributed by atoms with Crippen LogP contribution in [-0.4, -0.2) is 43.1 Å². The van der Waals surface area contributed by atoms with Crippen molar-refractivity contribution in [2.45, 2.75) is 50.2 Å². The van der Waals surface area contributed by atoms with Crippen LogP contribution >= 0.6 is 11.8 Å². The Hall–Kier alpha value is -2.65. The second-order valence-electron chi connectivity index (χ2n) is 7.89. The number of nitrogens with two attached hydrogens (primary N) is 2. The molecule has 0 fully saturated rings. The van der Waals surface area contributed by atoms with E-state index in [1.807, 2.05) is 30.8 Å². The van der Waals surface area contributed by atoms with Gasteiger partial charge in [0.05, 0.1) is 30.4 Å². The number of hydrogen-bond acceptors (Lipinski definition) is 8. The lowest BCUT2D eigenvalue weighted by atomic mass is 9.91. The van der Waals surface area contributed by atoms with E-state index in [9.17, 15) is 0 Å². The second kappa shape index (κ2) is 7.88. The van der Waals surface area contributed by atoms with Gasteiger partial charge >= 0.3 is 0 Å². The summed E-state index contributed by atoms with van der Waals surface area (Å²) in [6.45, 7) is 8.29. The van der Waals surface area contributed by atoms with Crippen molar-refractivity contribution in [2.75, 3.05) is 18.6 Å². The lowest BCUT2D eigenvalue weighted by Gasteiger charge is -2.26. The van der Waals surface area contributed by atoms with Crippen LogP contribution in [0.5, 0.6) is 5.75 Å². The number of rotatable bonds is 6. The largest absolute Gasteiger partial charge is 0.496 e. The molecule has 0 radical (unpaired) electrons. The van der Waals surface area contributed by atoms with Crippen molar-refractivity contribution < 1.29 is 4.74 Å². The third-order valence-corrected chi connectivity index (χ3v) is 6.85. The number of thioether (sulfide) groups is 1. The van der Waals surface area contributed by atoms with E-state index in [2.05, 4.69) is 21.5 Å². The van der Waals surface area contributed by atoms with E-state index < -0.39 is 0 Å². The monoisotopic (exact) mass is 425 g/mol. The molecular weight excluding hydrogens is 398 g/mol. The van der Waals surface area contributed by atoms with Crippen LogP contribution in [0.1, 0.15) is 35.4 Å². The predicted molar refractivity (Wildman–Crippen MR) is 120 cm³/mol. The minimum Gasteiger partial charge on any atom is -0.496 e. The maximum atomic E-state index is 6.75. The van der Waals surface area contributed by atoms with Gasteiger partial charge in [0.1, 0.15) is 10.8 Å². The molecule has 4 N–H and O–H groups in total. The van der Waals surface area contributed by atoms with Crippen LogP contribution in [0.2, 0.25) is 0 Å². The number of pyridine rings is 1. The van der Waals surface area contributed by atoms with Crippen molar-refractivity contribution >= 4 is 28.7 Å². The van der Waals surface area contributed by atoms with Gasteiger partial charge in [-0.3, -0.25) is 4.98 Å². The molecule has 0 bridgehead atoms. The van der Waals surface area contributed by atoms with Gasteiger partial charge in [0.25, 0.3) is 0 Å². The molecule has 30 heavy (non-hydrogen) atoms. The summed E-state index contributed by atoms with van der Waals surface area (Å²) in [5.41, 5.74) is 16.9. The Balaban J connectivity index is 1.80. The van der Waals surface area contributed by atoms with Crippen LogP contribution in [0, 0.1) is 13.8 Å². The van der Waals surface area contributed by atoms with E-state index in [1.54, 1.807) is 18.9 Å². The quantitative estimate of drug-likeness (QED) is 0.457. The average Bonchev–Trinajstić information content (AvgIpc) is 2.96. The van der Waals surface area contributed by atoms with Crippen LogP contribution in [-0.2, 0) is 13.0 Å². The molecule has 1 unspecified atom stereocenters. The molecule has 1 atom stereocenters. The van der Waals surface area contributed by atoms with E-state index in [-0.39, 0.29) is 11.5 Å². The van der Waals surface area contributed by atoms with Gasteiger partial charge < -0.3 is 16.2 Å². The maximum absolute atomic E-state index is 6.75. The lowest BCUT2D eigenvalue weighted by molar-refractivity contribution is 0.406. The zero-order chi connectivity index (χ0) is 21.5. The molecule has 0 saturated heterocycles. The SMILES string of the molecule is C=CCCC1(N)CSc2nc(N)nc3c2c(nn3Cc2ncc(C)c(OC)c2C)C1. The van der Waals surface area contributed by atoms with E-state index in [1.165, 1.54) is 0 Å². The van der Waals surface area contributed by atoms with Crippen molar-refractivity contribution in [1.82, 2.24) is 24.7 Å². The molecule has 8 nitrogen and oxygen atoms in total. The highest BCUT2D eigenvalue weighted by Crippen LogP contribution is 2.37. The molecule has 1 aliphatic rings. The van der Waals surface area contributed by atoms with Gasteiger partial charge in [-0.15, -0.1) is 18.3 Å². The summed E-state index contributed by atoms with van der Waals surface area (Å²) >= 11 is 1.62. The van der Waals surface area contributed by atoms with Crippen molar-refractivity contribution in [3.63, 3.8) is 0 Å². The second-order valence-corrected chi connectivity index (χ2v) is 8.86. The van der Waals surface area contributed by atoms with Crippen LogP contribution < -0.4 is 16.2 Å². The Labute approximate surface area is 180 Å². The van der Waals surface area contributed by atoms with Crippen LogP contribution in [0.25, 0.3) is 11.0 Å². The summed E-state index contributed by atoms with van der Waals surface area (Å²) in [5.74, 6) is 1.83. The zero-order valence-corrected chi connectivity index (χ0v) is 18.4. The summed E-state index contributed by atoms with van der Waals surface area (Å²) in [6.07, 6.45) is 6.08. The fraction of sp³-hybridized carbons (Fsp3) is 0.429. The molecule has 158 valence electrons. The molecule has 4 rings (SSSR count). The van der Waals surface area contributed by atoms with E-state index in [4.69, 9.17) is 21.3 Å². The van der Waals surface area contributed by atoms with Gasteiger partial charge in [-0.25, -0.2) is 9.67 Å². The number of methoxy groups -OCH3 is 1. The van der Waals surface area contributed by atoms with Crippen molar-refractivity contribution in [2.24, 2.45) is 5.73 Å². The van der Waals surface area contributed by atoms with Gasteiger partial charge in [0, 0.05) is 35.0 Å². The van der Waals surface area contributed by atoms with Crippen LogP contribution in [0.4, 0.5) is 5.95 Å². The zero-order valence-electron chi connectivity index (χ0n) is 17.6. The Morgan fingerprint density at radius 3 is 2.90 bits per heavy atom. The Bertz CT molecular complexity index is 1130. The number of hydrogen-bond donors (Lipinski definition) is 2. The third-order valence-electron chi connectivity index (χ3n) is 5.56. The van der Waals surface area contributed by atoms with E-state index >= 15 is 0 Å². The molecular formula is C21H27N7OS. The fourth-order valence-corrected chi connectivity index (χ4v) is 5.17.